The molecule has 160 valence electrons. The minimum atomic E-state index is 0.0386. The maximum atomic E-state index is 12.4. The smallest absolute Gasteiger partial charge is 0.224 e. The number of carbonyl (C=O) groups excluding carboxylic acids is 1. The summed E-state index contributed by atoms with van der Waals surface area (Å²) in [5.74, 6) is 0.0386. The molecule has 0 unspecified atom stereocenters. The summed E-state index contributed by atoms with van der Waals surface area (Å²) in [6.45, 7) is 3.46. The minimum absolute atomic E-state index is 0.0386. The van der Waals surface area contributed by atoms with E-state index in [1.54, 1.807) is 0 Å². The van der Waals surface area contributed by atoms with E-state index < -0.39 is 0 Å². The van der Waals surface area contributed by atoms with Crippen LogP contribution in [0.3, 0.4) is 0 Å². The Bertz CT molecular complexity index is 975. The number of carbonyl (C=O) groups is 1. The number of anilines is 1. The van der Waals surface area contributed by atoms with Gasteiger partial charge in [0.15, 0.2) is 0 Å². The van der Waals surface area contributed by atoms with E-state index in [0.29, 0.717) is 6.42 Å². The molecule has 3 nitrogen and oxygen atoms in total. The first-order valence-electron chi connectivity index (χ1n) is 11.1. The lowest BCUT2D eigenvalue weighted by Gasteiger charge is -2.26. The van der Waals surface area contributed by atoms with Crippen LogP contribution in [0, 0.1) is 0 Å². The number of nitrogens with one attached hydrogen (secondary N) is 1. The average molecular weight is 433 g/mol. The number of hydrogen-bond donors (Lipinski definition) is 1. The van der Waals surface area contributed by atoms with Gasteiger partial charge in [-0.2, -0.15) is 0 Å². The van der Waals surface area contributed by atoms with Gasteiger partial charge in [0.1, 0.15) is 0 Å². The number of nitrogens with zero attached hydrogens (tertiary/aromatic N) is 1. The minimum Gasteiger partial charge on any atom is -0.326 e. The van der Waals surface area contributed by atoms with Gasteiger partial charge in [-0.05, 0) is 78.9 Å². The zero-order chi connectivity index (χ0) is 21.5. The van der Waals surface area contributed by atoms with Crippen LogP contribution in [-0.2, 0) is 17.8 Å². The molecule has 1 amide bonds. The summed E-state index contributed by atoms with van der Waals surface area (Å²) in [7, 11) is 0. The molecule has 0 radical (unpaired) electrons. The van der Waals surface area contributed by atoms with Crippen LogP contribution in [0.25, 0.3) is 11.1 Å². The number of rotatable bonds is 7. The topological polar surface area (TPSA) is 32.3 Å². The molecule has 0 bridgehead atoms. The van der Waals surface area contributed by atoms with Gasteiger partial charge in [-0.25, -0.2) is 0 Å². The van der Waals surface area contributed by atoms with Gasteiger partial charge in [0.2, 0.25) is 5.91 Å². The number of aryl methyl sites for hydroxylation is 1. The lowest BCUT2D eigenvalue weighted by Crippen LogP contribution is -2.29. The van der Waals surface area contributed by atoms with Crippen LogP contribution < -0.4 is 5.32 Å². The molecular weight excluding hydrogens is 404 g/mol. The summed E-state index contributed by atoms with van der Waals surface area (Å²) in [5, 5.41) is 3.72. The lowest BCUT2D eigenvalue weighted by molar-refractivity contribution is -0.116. The maximum absolute atomic E-state index is 12.4. The molecule has 3 aromatic carbocycles. The number of halogens is 1. The molecular formula is C27H29ClN2O. The number of likely N-dealkylation sites (tertiary alicyclic amines) is 1. The third kappa shape index (κ3) is 6.43. The second kappa shape index (κ2) is 10.6. The van der Waals surface area contributed by atoms with Crippen molar-refractivity contribution in [2.24, 2.45) is 0 Å². The van der Waals surface area contributed by atoms with Crippen LogP contribution in [0.15, 0.2) is 72.8 Å². The Morgan fingerprint density at radius 3 is 2.00 bits per heavy atom. The van der Waals surface area contributed by atoms with Gasteiger partial charge in [-0.1, -0.05) is 66.6 Å². The monoisotopic (exact) mass is 432 g/mol. The third-order valence-corrected chi connectivity index (χ3v) is 6.12. The van der Waals surface area contributed by atoms with Crippen molar-refractivity contribution in [1.82, 2.24) is 4.90 Å². The maximum Gasteiger partial charge on any atom is 0.224 e. The molecule has 0 spiro atoms. The molecule has 1 fully saturated rings. The standard InChI is InChI=1S/C27H29ClN2O/c28-25-13-9-23(10-14-25)24-11-15-26(16-12-24)29-27(31)17-8-21-4-6-22(7-5-21)20-30-18-2-1-3-19-30/h4-7,9-16H,1-3,8,17-20H2,(H,29,31). The van der Waals surface area contributed by atoms with Crippen LogP contribution >= 0.6 is 11.6 Å². The van der Waals surface area contributed by atoms with Gasteiger partial charge < -0.3 is 5.32 Å². The predicted octanol–water partition coefficient (Wildman–Crippen LogP) is 6.56. The first-order valence-corrected chi connectivity index (χ1v) is 11.5. The molecule has 1 aliphatic rings. The number of amides is 1. The van der Waals surface area contributed by atoms with E-state index >= 15 is 0 Å². The van der Waals surface area contributed by atoms with E-state index in [-0.39, 0.29) is 5.91 Å². The Balaban J connectivity index is 1.24. The van der Waals surface area contributed by atoms with Crippen molar-refractivity contribution < 1.29 is 4.79 Å². The van der Waals surface area contributed by atoms with E-state index in [1.807, 2.05) is 48.5 Å². The molecule has 1 heterocycles. The second-order valence-corrected chi connectivity index (χ2v) is 8.72. The van der Waals surface area contributed by atoms with Crippen LogP contribution in [0.4, 0.5) is 5.69 Å². The quantitative estimate of drug-likeness (QED) is 0.458. The van der Waals surface area contributed by atoms with E-state index in [4.69, 9.17) is 11.6 Å². The molecule has 3 aromatic rings. The van der Waals surface area contributed by atoms with Crippen molar-refractivity contribution >= 4 is 23.2 Å². The third-order valence-electron chi connectivity index (χ3n) is 5.86. The summed E-state index contributed by atoms with van der Waals surface area (Å²) >= 11 is 5.95. The lowest BCUT2D eigenvalue weighted by atomic mass is 10.0. The molecule has 4 rings (SSSR count). The van der Waals surface area contributed by atoms with Crippen molar-refractivity contribution in [2.75, 3.05) is 18.4 Å². The fraction of sp³-hybridized carbons (Fsp3) is 0.296. The highest BCUT2D eigenvalue weighted by atomic mass is 35.5. The summed E-state index contributed by atoms with van der Waals surface area (Å²) < 4.78 is 0. The first-order chi connectivity index (χ1) is 15.2. The van der Waals surface area contributed by atoms with Crippen molar-refractivity contribution in [1.29, 1.82) is 0 Å². The molecule has 0 aliphatic carbocycles. The van der Waals surface area contributed by atoms with Crippen LogP contribution in [0.2, 0.25) is 5.02 Å². The molecule has 0 aromatic heterocycles. The van der Waals surface area contributed by atoms with Crippen LogP contribution in [-0.4, -0.2) is 23.9 Å². The molecule has 1 N–H and O–H groups in total. The Kier molecular flexibility index (Phi) is 7.39. The Hall–Kier alpha value is -2.62. The van der Waals surface area contributed by atoms with E-state index in [0.717, 1.165) is 34.8 Å². The zero-order valence-corrected chi connectivity index (χ0v) is 18.6. The van der Waals surface area contributed by atoms with Crippen molar-refractivity contribution in [3.8, 4) is 11.1 Å². The molecule has 1 saturated heterocycles. The number of hydrogen-bond acceptors (Lipinski definition) is 2. The van der Waals surface area contributed by atoms with Crippen LogP contribution in [0.5, 0.6) is 0 Å². The highest BCUT2D eigenvalue weighted by Gasteiger charge is 2.10. The fourth-order valence-electron chi connectivity index (χ4n) is 4.06. The summed E-state index contributed by atoms with van der Waals surface area (Å²) in [6, 6.07) is 24.4. The Morgan fingerprint density at radius 1 is 0.774 bits per heavy atom. The average Bonchev–Trinajstić information content (AvgIpc) is 2.80. The summed E-state index contributed by atoms with van der Waals surface area (Å²) in [6.07, 6.45) is 5.22. The summed E-state index contributed by atoms with van der Waals surface area (Å²) in [4.78, 5) is 14.9. The Morgan fingerprint density at radius 2 is 1.35 bits per heavy atom. The van der Waals surface area contributed by atoms with E-state index in [1.165, 1.54) is 43.5 Å². The first kappa shape index (κ1) is 21.6. The molecule has 1 aliphatic heterocycles. The fourth-order valence-corrected chi connectivity index (χ4v) is 4.18. The van der Waals surface area contributed by atoms with E-state index in [2.05, 4.69) is 34.5 Å². The van der Waals surface area contributed by atoms with Crippen molar-refractivity contribution in [2.45, 2.75) is 38.6 Å². The van der Waals surface area contributed by atoms with Gasteiger partial charge in [0, 0.05) is 23.7 Å². The highest BCUT2D eigenvalue weighted by Crippen LogP contribution is 2.23. The van der Waals surface area contributed by atoms with Crippen LogP contribution in [0.1, 0.15) is 36.8 Å². The zero-order valence-electron chi connectivity index (χ0n) is 17.8. The SMILES string of the molecule is O=C(CCc1ccc(CN2CCCCC2)cc1)Nc1ccc(-c2ccc(Cl)cc2)cc1. The summed E-state index contributed by atoms with van der Waals surface area (Å²) in [5.41, 5.74) is 5.58. The van der Waals surface area contributed by atoms with E-state index in [9.17, 15) is 4.79 Å². The number of benzene rings is 3. The molecule has 0 saturated carbocycles. The molecule has 4 heteroatoms. The normalized spacial score (nSPS) is 14.4. The van der Waals surface area contributed by atoms with Gasteiger partial charge in [0.05, 0.1) is 0 Å². The van der Waals surface area contributed by atoms with Crippen molar-refractivity contribution in [3.63, 3.8) is 0 Å². The van der Waals surface area contributed by atoms with Gasteiger partial charge in [-0.15, -0.1) is 0 Å². The highest BCUT2D eigenvalue weighted by molar-refractivity contribution is 6.30. The second-order valence-electron chi connectivity index (χ2n) is 8.29. The molecule has 0 atom stereocenters. The van der Waals surface area contributed by atoms with Gasteiger partial charge in [0.25, 0.3) is 0 Å². The van der Waals surface area contributed by atoms with Gasteiger partial charge >= 0.3 is 0 Å². The van der Waals surface area contributed by atoms with Crippen molar-refractivity contribution in [3.05, 3.63) is 88.9 Å². The van der Waals surface area contributed by atoms with Gasteiger partial charge in [-0.3, -0.25) is 9.69 Å². The Labute approximate surface area is 190 Å². The largest absolute Gasteiger partial charge is 0.326 e. The number of piperidine rings is 1. The predicted molar refractivity (Wildman–Crippen MR) is 129 cm³/mol. The molecule has 31 heavy (non-hydrogen) atoms.